The van der Waals surface area contributed by atoms with Crippen LogP contribution in [0.25, 0.3) is 5.65 Å². The molecule has 0 saturated heterocycles. The summed E-state index contributed by atoms with van der Waals surface area (Å²) in [5, 5.41) is 13.6. The van der Waals surface area contributed by atoms with Gasteiger partial charge in [0.1, 0.15) is 22.9 Å². The first-order valence-corrected chi connectivity index (χ1v) is 11.8. The van der Waals surface area contributed by atoms with Gasteiger partial charge in [-0.1, -0.05) is 0 Å². The molecule has 2 atom stereocenters. The topological polar surface area (TPSA) is 124 Å². The highest BCUT2D eigenvalue weighted by molar-refractivity contribution is 6.00. The molecule has 2 aliphatic rings. The molecule has 0 aliphatic heterocycles. The number of carbonyl (C=O) groups is 1. The fourth-order valence-electron chi connectivity index (χ4n) is 4.75. The van der Waals surface area contributed by atoms with Crippen molar-refractivity contribution in [1.82, 2.24) is 24.5 Å². The Morgan fingerprint density at radius 2 is 2.09 bits per heavy atom. The van der Waals surface area contributed by atoms with Crippen molar-refractivity contribution in [1.29, 1.82) is 0 Å². The molecule has 2 saturated carbocycles. The standard InChI is InChI=1S/C24H31N7O4/c1-24(35-4)8-7-18(24)28-22(32)16-13-26-31-20(25-2)12-19(29-21(16)31)27-17-6-5-9-30(23(17)33)14-10-15(11-14)34-3/h5-6,9,12-15,18,25H,7-8,10-11H2,1-4H3,(H,27,29)(H,28,32)/t14?,15?,18?,24-/m0/s1. The predicted octanol–water partition coefficient (Wildman–Crippen LogP) is 2.32. The molecule has 11 heteroatoms. The smallest absolute Gasteiger partial charge is 0.274 e. The van der Waals surface area contributed by atoms with Crippen molar-refractivity contribution >= 4 is 28.9 Å². The van der Waals surface area contributed by atoms with Crippen molar-refractivity contribution in [2.24, 2.45) is 0 Å². The van der Waals surface area contributed by atoms with Crippen LogP contribution in [0.1, 0.15) is 49.0 Å². The molecule has 0 bridgehead atoms. The monoisotopic (exact) mass is 481 g/mol. The average molecular weight is 482 g/mol. The van der Waals surface area contributed by atoms with E-state index in [2.05, 4.69) is 26.0 Å². The summed E-state index contributed by atoms with van der Waals surface area (Å²) in [6, 6.07) is 5.35. The van der Waals surface area contributed by atoms with E-state index in [4.69, 9.17) is 9.47 Å². The quantitative estimate of drug-likeness (QED) is 0.448. The number of nitrogens with one attached hydrogen (secondary N) is 3. The van der Waals surface area contributed by atoms with Gasteiger partial charge >= 0.3 is 0 Å². The summed E-state index contributed by atoms with van der Waals surface area (Å²) in [6.07, 6.45) is 6.86. The number of amides is 1. The summed E-state index contributed by atoms with van der Waals surface area (Å²) in [7, 11) is 5.11. The number of fused-ring (bicyclic) bond motifs is 1. The molecule has 3 N–H and O–H groups in total. The molecular formula is C24H31N7O4. The minimum Gasteiger partial charge on any atom is -0.381 e. The van der Waals surface area contributed by atoms with Crippen LogP contribution in [-0.2, 0) is 9.47 Å². The number of anilines is 3. The molecule has 1 unspecified atom stereocenters. The van der Waals surface area contributed by atoms with Crippen LogP contribution in [0.3, 0.4) is 0 Å². The van der Waals surface area contributed by atoms with Crippen LogP contribution in [-0.4, -0.2) is 64.1 Å². The van der Waals surface area contributed by atoms with E-state index in [0.29, 0.717) is 28.5 Å². The Kier molecular flexibility index (Phi) is 5.97. The fraction of sp³-hybridized carbons (Fsp3) is 0.500. The van der Waals surface area contributed by atoms with Crippen molar-refractivity contribution in [3.8, 4) is 0 Å². The summed E-state index contributed by atoms with van der Waals surface area (Å²) in [6.45, 7) is 1.99. The highest BCUT2D eigenvalue weighted by Crippen LogP contribution is 2.35. The number of nitrogens with zero attached hydrogens (tertiary/aromatic N) is 4. The fourth-order valence-corrected chi connectivity index (χ4v) is 4.75. The van der Waals surface area contributed by atoms with Gasteiger partial charge in [-0.25, -0.2) is 4.98 Å². The lowest BCUT2D eigenvalue weighted by atomic mass is 9.76. The van der Waals surface area contributed by atoms with E-state index in [9.17, 15) is 9.59 Å². The van der Waals surface area contributed by atoms with Crippen LogP contribution in [0.4, 0.5) is 17.3 Å². The molecule has 186 valence electrons. The van der Waals surface area contributed by atoms with E-state index in [0.717, 1.165) is 25.7 Å². The predicted molar refractivity (Wildman–Crippen MR) is 131 cm³/mol. The van der Waals surface area contributed by atoms with Gasteiger partial charge in [-0.3, -0.25) is 9.59 Å². The lowest BCUT2D eigenvalue weighted by Crippen LogP contribution is -2.59. The van der Waals surface area contributed by atoms with Gasteiger partial charge in [0, 0.05) is 39.6 Å². The van der Waals surface area contributed by atoms with Crippen LogP contribution in [0.2, 0.25) is 0 Å². The molecule has 0 aromatic carbocycles. The van der Waals surface area contributed by atoms with E-state index in [1.54, 1.807) is 48.7 Å². The van der Waals surface area contributed by atoms with Crippen LogP contribution >= 0.6 is 0 Å². The summed E-state index contributed by atoms with van der Waals surface area (Å²) in [5.74, 6) is 0.791. The molecule has 3 heterocycles. The first-order valence-electron chi connectivity index (χ1n) is 11.8. The minimum absolute atomic E-state index is 0.0768. The van der Waals surface area contributed by atoms with Crippen molar-refractivity contribution in [2.75, 3.05) is 31.9 Å². The Morgan fingerprint density at radius 1 is 1.29 bits per heavy atom. The number of methoxy groups -OCH3 is 2. The number of ether oxygens (including phenoxy) is 2. The molecule has 3 aromatic heterocycles. The van der Waals surface area contributed by atoms with Gasteiger partial charge < -0.3 is 30.0 Å². The zero-order valence-electron chi connectivity index (χ0n) is 20.4. The average Bonchev–Trinajstić information content (AvgIpc) is 3.26. The molecule has 2 fully saturated rings. The summed E-state index contributed by atoms with van der Waals surface area (Å²) in [4.78, 5) is 30.8. The Labute approximate surface area is 202 Å². The highest BCUT2D eigenvalue weighted by atomic mass is 16.5. The Bertz CT molecular complexity index is 1310. The van der Waals surface area contributed by atoms with E-state index in [-0.39, 0.29) is 35.3 Å². The molecule has 35 heavy (non-hydrogen) atoms. The third kappa shape index (κ3) is 4.04. The van der Waals surface area contributed by atoms with Gasteiger partial charge in [0.25, 0.3) is 11.5 Å². The van der Waals surface area contributed by atoms with E-state index in [1.807, 2.05) is 13.0 Å². The molecule has 0 radical (unpaired) electrons. The van der Waals surface area contributed by atoms with E-state index < -0.39 is 0 Å². The molecular weight excluding hydrogens is 450 g/mol. The summed E-state index contributed by atoms with van der Waals surface area (Å²) >= 11 is 0. The third-order valence-corrected chi connectivity index (χ3v) is 7.44. The number of hydrogen-bond acceptors (Lipinski definition) is 8. The minimum atomic E-state index is -0.369. The largest absolute Gasteiger partial charge is 0.381 e. The van der Waals surface area contributed by atoms with Crippen LogP contribution in [0, 0.1) is 0 Å². The number of carbonyl (C=O) groups excluding carboxylic acids is 1. The van der Waals surface area contributed by atoms with Crippen molar-refractivity contribution in [3.63, 3.8) is 0 Å². The van der Waals surface area contributed by atoms with Gasteiger partial charge in [0.05, 0.1) is 23.9 Å². The molecule has 2 aliphatic carbocycles. The van der Waals surface area contributed by atoms with Gasteiger partial charge in [-0.15, -0.1) is 0 Å². The summed E-state index contributed by atoms with van der Waals surface area (Å²) in [5.41, 5.74) is 0.638. The molecule has 0 spiro atoms. The maximum atomic E-state index is 13.1. The lowest BCUT2D eigenvalue weighted by molar-refractivity contribution is -0.0828. The maximum Gasteiger partial charge on any atom is 0.274 e. The number of aromatic nitrogens is 4. The Balaban J connectivity index is 1.43. The molecule has 3 aromatic rings. The molecule has 5 rings (SSSR count). The first-order chi connectivity index (χ1) is 16.9. The second-order valence-electron chi connectivity index (χ2n) is 9.39. The van der Waals surface area contributed by atoms with E-state index >= 15 is 0 Å². The van der Waals surface area contributed by atoms with Gasteiger partial charge in [-0.2, -0.15) is 9.61 Å². The lowest BCUT2D eigenvalue weighted by Gasteiger charge is -2.45. The number of hydrogen-bond donors (Lipinski definition) is 3. The number of rotatable bonds is 8. The van der Waals surface area contributed by atoms with Gasteiger partial charge in [0.2, 0.25) is 0 Å². The van der Waals surface area contributed by atoms with Crippen LogP contribution < -0.4 is 21.5 Å². The molecule has 11 nitrogen and oxygen atoms in total. The maximum absolute atomic E-state index is 13.1. The third-order valence-electron chi connectivity index (χ3n) is 7.44. The second-order valence-corrected chi connectivity index (χ2v) is 9.39. The second kappa shape index (κ2) is 8.97. The SMILES string of the molecule is CNc1cc(Nc2cccn(C3CC(OC)C3)c2=O)nc2c(C(=O)NC3CC[C@]3(C)OC)cnn12. The first kappa shape index (κ1) is 23.3. The number of pyridine rings is 1. The van der Waals surface area contributed by atoms with E-state index in [1.165, 1.54) is 6.20 Å². The zero-order valence-corrected chi connectivity index (χ0v) is 20.4. The van der Waals surface area contributed by atoms with Gasteiger partial charge in [0.15, 0.2) is 5.65 Å². The molecule has 1 amide bonds. The van der Waals surface area contributed by atoms with Crippen molar-refractivity contribution < 1.29 is 14.3 Å². The Morgan fingerprint density at radius 3 is 2.74 bits per heavy atom. The van der Waals surface area contributed by atoms with Gasteiger partial charge in [-0.05, 0) is 44.7 Å². The van der Waals surface area contributed by atoms with Crippen LogP contribution in [0.5, 0.6) is 0 Å². The summed E-state index contributed by atoms with van der Waals surface area (Å²) < 4.78 is 14.2. The zero-order chi connectivity index (χ0) is 24.7. The highest BCUT2D eigenvalue weighted by Gasteiger charge is 2.44. The van der Waals surface area contributed by atoms with Crippen molar-refractivity contribution in [2.45, 2.75) is 56.4 Å². The van der Waals surface area contributed by atoms with Crippen LogP contribution in [0.15, 0.2) is 35.4 Å². The Hall–Kier alpha value is -3.44. The normalized spacial score (nSPS) is 25.5. The van der Waals surface area contributed by atoms with Crippen molar-refractivity contribution in [3.05, 3.63) is 46.5 Å².